The molecule has 1 rings (SSSR count). The minimum Gasteiger partial charge on any atom is -0.314 e. The van der Waals surface area contributed by atoms with Crippen molar-refractivity contribution in [1.82, 2.24) is 5.32 Å². The summed E-state index contributed by atoms with van der Waals surface area (Å²) in [6.45, 7) is 10.5. The third kappa shape index (κ3) is 6.45. The molecule has 1 fully saturated rings. The van der Waals surface area contributed by atoms with E-state index in [2.05, 4.69) is 33.0 Å². The first-order valence-electron chi connectivity index (χ1n) is 7.85. The summed E-state index contributed by atoms with van der Waals surface area (Å²) in [6, 6.07) is 0.804. The Kier molecular flexibility index (Phi) is 7.18. The van der Waals surface area contributed by atoms with E-state index in [1.54, 1.807) is 0 Å². The second kappa shape index (κ2) is 8.13. The fourth-order valence-corrected chi connectivity index (χ4v) is 3.62. The Balaban J connectivity index is 2.34. The third-order valence-corrected chi connectivity index (χ3v) is 4.14. The molecule has 1 heteroatoms. The molecule has 0 heterocycles. The van der Waals surface area contributed by atoms with Crippen molar-refractivity contribution in [3.8, 4) is 0 Å². The molecule has 0 spiro atoms. The van der Waals surface area contributed by atoms with Crippen LogP contribution in [0.3, 0.4) is 0 Å². The Morgan fingerprint density at radius 1 is 1.12 bits per heavy atom. The van der Waals surface area contributed by atoms with E-state index in [-0.39, 0.29) is 0 Å². The Hall–Kier alpha value is -0.0400. The molecule has 0 bridgehead atoms. The highest BCUT2D eigenvalue weighted by Gasteiger charge is 2.21. The van der Waals surface area contributed by atoms with Gasteiger partial charge in [0.25, 0.3) is 0 Å². The van der Waals surface area contributed by atoms with Crippen LogP contribution in [0.1, 0.15) is 72.6 Å². The standard InChI is InChI=1S/C16H33N/c1-5-17-16-9-7-6-8-15(12-16)11-14(4)10-13(2)3/h13-17H,5-12H2,1-4H3. The average Bonchev–Trinajstić information content (AvgIpc) is 2.42. The van der Waals surface area contributed by atoms with Gasteiger partial charge < -0.3 is 5.32 Å². The first kappa shape index (κ1) is 15.0. The Morgan fingerprint density at radius 2 is 1.82 bits per heavy atom. The van der Waals surface area contributed by atoms with Crippen LogP contribution >= 0.6 is 0 Å². The second-order valence-electron chi connectivity index (χ2n) is 6.61. The summed E-state index contributed by atoms with van der Waals surface area (Å²) in [4.78, 5) is 0. The lowest BCUT2D eigenvalue weighted by Gasteiger charge is -2.24. The molecule has 0 aromatic heterocycles. The van der Waals surface area contributed by atoms with Gasteiger partial charge in [-0.05, 0) is 50.0 Å². The summed E-state index contributed by atoms with van der Waals surface area (Å²) < 4.78 is 0. The maximum Gasteiger partial charge on any atom is 0.00695 e. The molecule has 1 aliphatic rings. The zero-order chi connectivity index (χ0) is 12.7. The Morgan fingerprint density at radius 3 is 2.47 bits per heavy atom. The van der Waals surface area contributed by atoms with Crippen LogP contribution in [0, 0.1) is 17.8 Å². The first-order valence-corrected chi connectivity index (χ1v) is 7.85. The van der Waals surface area contributed by atoms with Gasteiger partial charge in [0.15, 0.2) is 0 Å². The molecular formula is C16H33N. The number of hydrogen-bond donors (Lipinski definition) is 1. The van der Waals surface area contributed by atoms with Gasteiger partial charge in [-0.1, -0.05) is 47.0 Å². The van der Waals surface area contributed by atoms with Gasteiger partial charge in [-0.3, -0.25) is 0 Å². The van der Waals surface area contributed by atoms with Gasteiger partial charge in [0.1, 0.15) is 0 Å². The lowest BCUT2D eigenvalue weighted by atomic mass is 9.85. The van der Waals surface area contributed by atoms with Crippen LogP contribution < -0.4 is 5.32 Å². The summed E-state index contributed by atoms with van der Waals surface area (Å²) in [6.07, 6.45) is 10.1. The van der Waals surface area contributed by atoms with Crippen molar-refractivity contribution in [2.45, 2.75) is 78.7 Å². The minimum absolute atomic E-state index is 0.804. The molecule has 0 aromatic rings. The van der Waals surface area contributed by atoms with Gasteiger partial charge in [-0.25, -0.2) is 0 Å². The summed E-state index contributed by atoms with van der Waals surface area (Å²) in [5.41, 5.74) is 0. The molecule has 1 N–H and O–H groups in total. The normalized spacial score (nSPS) is 28.1. The molecule has 3 atom stereocenters. The zero-order valence-electron chi connectivity index (χ0n) is 12.5. The van der Waals surface area contributed by atoms with Crippen LogP contribution in [0.5, 0.6) is 0 Å². The van der Waals surface area contributed by atoms with Crippen molar-refractivity contribution in [1.29, 1.82) is 0 Å². The van der Waals surface area contributed by atoms with Crippen LogP contribution in [0.4, 0.5) is 0 Å². The molecule has 0 aromatic carbocycles. The molecule has 1 saturated carbocycles. The molecule has 0 amide bonds. The largest absolute Gasteiger partial charge is 0.314 e. The van der Waals surface area contributed by atoms with E-state index in [0.29, 0.717) is 0 Å². The van der Waals surface area contributed by atoms with Crippen molar-refractivity contribution in [3.05, 3.63) is 0 Å². The molecule has 0 aliphatic heterocycles. The Bertz CT molecular complexity index is 188. The van der Waals surface area contributed by atoms with E-state index in [1.165, 1.54) is 44.9 Å². The van der Waals surface area contributed by atoms with Crippen LogP contribution in [-0.2, 0) is 0 Å². The molecule has 1 aliphatic carbocycles. The predicted molar refractivity (Wildman–Crippen MR) is 77.3 cm³/mol. The SMILES string of the molecule is CCNC1CCCCC(CC(C)CC(C)C)C1. The quantitative estimate of drug-likeness (QED) is 0.667. The molecule has 1 nitrogen and oxygen atoms in total. The van der Waals surface area contributed by atoms with Crippen molar-refractivity contribution < 1.29 is 0 Å². The van der Waals surface area contributed by atoms with E-state index in [0.717, 1.165) is 30.3 Å². The fourth-order valence-electron chi connectivity index (χ4n) is 3.62. The van der Waals surface area contributed by atoms with Gasteiger partial charge >= 0.3 is 0 Å². The molecular weight excluding hydrogens is 206 g/mol. The van der Waals surface area contributed by atoms with Crippen LogP contribution in [-0.4, -0.2) is 12.6 Å². The van der Waals surface area contributed by atoms with Gasteiger partial charge in [0.05, 0.1) is 0 Å². The van der Waals surface area contributed by atoms with Gasteiger partial charge in [-0.15, -0.1) is 0 Å². The third-order valence-electron chi connectivity index (χ3n) is 4.14. The van der Waals surface area contributed by atoms with Crippen LogP contribution in [0.25, 0.3) is 0 Å². The summed E-state index contributed by atoms with van der Waals surface area (Å²) in [5, 5.41) is 3.67. The highest BCUT2D eigenvalue weighted by Crippen LogP contribution is 2.30. The second-order valence-corrected chi connectivity index (χ2v) is 6.61. The monoisotopic (exact) mass is 239 g/mol. The summed E-state index contributed by atoms with van der Waals surface area (Å²) in [7, 11) is 0. The molecule has 0 saturated heterocycles. The van der Waals surface area contributed by atoms with Crippen molar-refractivity contribution in [2.75, 3.05) is 6.54 Å². The van der Waals surface area contributed by atoms with Gasteiger partial charge in [-0.2, -0.15) is 0 Å². The topological polar surface area (TPSA) is 12.0 Å². The van der Waals surface area contributed by atoms with E-state index in [4.69, 9.17) is 0 Å². The average molecular weight is 239 g/mol. The first-order chi connectivity index (χ1) is 8.11. The maximum atomic E-state index is 3.67. The Labute approximate surface area is 109 Å². The smallest absolute Gasteiger partial charge is 0.00695 e. The summed E-state index contributed by atoms with van der Waals surface area (Å²) in [5.74, 6) is 2.76. The lowest BCUT2D eigenvalue weighted by Crippen LogP contribution is -2.30. The van der Waals surface area contributed by atoms with E-state index < -0.39 is 0 Å². The van der Waals surface area contributed by atoms with Crippen LogP contribution in [0.2, 0.25) is 0 Å². The lowest BCUT2D eigenvalue weighted by molar-refractivity contribution is 0.298. The van der Waals surface area contributed by atoms with E-state index in [9.17, 15) is 0 Å². The molecule has 102 valence electrons. The molecule has 17 heavy (non-hydrogen) atoms. The maximum absolute atomic E-state index is 3.67. The molecule has 3 unspecified atom stereocenters. The zero-order valence-corrected chi connectivity index (χ0v) is 12.5. The van der Waals surface area contributed by atoms with Gasteiger partial charge in [0, 0.05) is 6.04 Å². The predicted octanol–water partition coefficient (Wildman–Crippen LogP) is 4.62. The van der Waals surface area contributed by atoms with Crippen molar-refractivity contribution in [2.24, 2.45) is 17.8 Å². The fraction of sp³-hybridized carbons (Fsp3) is 1.00. The van der Waals surface area contributed by atoms with Crippen molar-refractivity contribution >= 4 is 0 Å². The van der Waals surface area contributed by atoms with Crippen molar-refractivity contribution in [3.63, 3.8) is 0 Å². The number of hydrogen-bond acceptors (Lipinski definition) is 1. The highest BCUT2D eigenvalue weighted by atomic mass is 14.9. The highest BCUT2D eigenvalue weighted by molar-refractivity contribution is 4.77. The van der Waals surface area contributed by atoms with E-state index in [1.807, 2.05) is 0 Å². The number of nitrogens with one attached hydrogen (secondary N) is 1. The van der Waals surface area contributed by atoms with E-state index >= 15 is 0 Å². The van der Waals surface area contributed by atoms with Crippen LogP contribution in [0.15, 0.2) is 0 Å². The number of rotatable bonds is 6. The summed E-state index contributed by atoms with van der Waals surface area (Å²) >= 11 is 0. The van der Waals surface area contributed by atoms with Gasteiger partial charge in [0.2, 0.25) is 0 Å². The molecule has 0 radical (unpaired) electrons. The minimum atomic E-state index is 0.804.